The molecule has 0 radical (unpaired) electrons. The highest BCUT2D eigenvalue weighted by atomic mass is 79.9. The molecule has 2 N–H and O–H groups in total. The number of anilines is 1. The minimum Gasteiger partial charge on any atom is -0.456 e. The zero-order valence-corrected chi connectivity index (χ0v) is 14.0. The number of hydrogen-bond donors (Lipinski definition) is 1. The molecule has 2 aromatic rings. The number of esters is 1. The van der Waals surface area contributed by atoms with Crippen molar-refractivity contribution in [3.8, 4) is 9.75 Å². The van der Waals surface area contributed by atoms with Gasteiger partial charge in [-0.3, -0.25) is 0 Å². The Morgan fingerprint density at radius 3 is 2.63 bits per heavy atom. The van der Waals surface area contributed by atoms with E-state index in [1.807, 2.05) is 38.3 Å². The predicted molar refractivity (Wildman–Crippen MR) is 84.9 cm³/mol. The Kier molecular flexibility index (Phi) is 4.03. The average molecular weight is 360 g/mol. The van der Waals surface area contributed by atoms with Gasteiger partial charge in [-0.2, -0.15) is 0 Å². The van der Waals surface area contributed by atoms with Gasteiger partial charge in [-0.25, -0.2) is 4.79 Å². The fourth-order valence-corrected chi connectivity index (χ4v) is 4.28. The Morgan fingerprint density at radius 2 is 2.11 bits per heavy atom. The van der Waals surface area contributed by atoms with Crippen LogP contribution in [-0.2, 0) is 4.74 Å². The van der Waals surface area contributed by atoms with Crippen molar-refractivity contribution in [2.45, 2.75) is 26.4 Å². The maximum Gasteiger partial charge on any atom is 0.350 e. The maximum atomic E-state index is 12.0. The highest BCUT2D eigenvalue weighted by Crippen LogP contribution is 2.40. The van der Waals surface area contributed by atoms with Gasteiger partial charge in [0, 0.05) is 9.35 Å². The molecule has 0 aliphatic heterocycles. The Balaban J connectivity index is 2.32. The van der Waals surface area contributed by atoms with Gasteiger partial charge in [0.05, 0.1) is 10.6 Å². The number of rotatable bonds is 2. The molecular formula is C13H14BrNO2S2. The standard InChI is InChI=1S/C13H14BrNO2S2/c1-13(2,3)17-12(16)11-8(15)6-9(19-11)10-7(14)4-5-18-10/h4-6H,15H2,1-3H3. The summed E-state index contributed by atoms with van der Waals surface area (Å²) in [4.78, 5) is 14.6. The molecule has 0 aliphatic rings. The van der Waals surface area contributed by atoms with Crippen molar-refractivity contribution < 1.29 is 9.53 Å². The molecule has 0 aromatic carbocycles. The summed E-state index contributed by atoms with van der Waals surface area (Å²) in [7, 11) is 0. The summed E-state index contributed by atoms with van der Waals surface area (Å²) in [5, 5.41) is 1.99. The molecule has 0 saturated carbocycles. The second-order valence-corrected chi connectivity index (χ2v) is 7.82. The average Bonchev–Trinajstić information content (AvgIpc) is 2.81. The molecule has 0 bridgehead atoms. The van der Waals surface area contributed by atoms with E-state index in [1.54, 1.807) is 11.3 Å². The minimum atomic E-state index is -0.517. The molecule has 0 unspecified atom stereocenters. The molecule has 0 amide bonds. The Labute approximate surface area is 128 Å². The van der Waals surface area contributed by atoms with Crippen LogP contribution >= 0.6 is 38.6 Å². The summed E-state index contributed by atoms with van der Waals surface area (Å²) < 4.78 is 6.36. The second kappa shape index (κ2) is 5.26. The van der Waals surface area contributed by atoms with Gasteiger partial charge in [-0.05, 0) is 54.2 Å². The number of carbonyl (C=O) groups excluding carboxylic acids is 1. The number of ether oxygens (including phenoxy) is 1. The van der Waals surface area contributed by atoms with Gasteiger partial charge in [0.25, 0.3) is 0 Å². The van der Waals surface area contributed by atoms with Crippen LogP contribution in [0.2, 0.25) is 0 Å². The van der Waals surface area contributed by atoms with Crippen LogP contribution in [0.4, 0.5) is 5.69 Å². The SMILES string of the molecule is CC(C)(C)OC(=O)c1sc(-c2sccc2Br)cc1N. The van der Waals surface area contributed by atoms with E-state index in [1.165, 1.54) is 11.3 Å². The molecule has 2 rings (SSSR count). The first kappa shape index (κ1) is 14.6. The molecule has 2 aromatic heterocycles. The lowest BCUT2D eigenvalue weighted by molar-refractivity contribution is 0.00764. The molecule has 0 atom stereocenters. The Hall–Kier alpha value is -0.850. The number of halogens is 1. The number of nitrogens with two attached hydrogens (primary N) is 1. The van der Waals surface area contributed by atoms with Crippen molar-refractivity contribution >= 4 is 50.3 Å². The highest BCUT2D eigenvalue weighted by molar-refractivity contribution is 9.10. The number of carbonyl (C=O) groups is 1. The lowest BCUT2D eigenvalue weighted by Crippen LogP contribution is -2.23. The molecule has 0 aliphatic carbocycles. The molecule has 0 fully saturated rings. The number of thiophene rings is 2. The van der Waals surface area contributed by atoms with Gasteiger partial charge in [-0.15, -0.1) is 22.7 Å². The Morgan fingerprint density at radius 1 is 1.42 bits per heavy atom. The zero-order valence-electron chi connectivity index (χ0n) is 10.8. The fraction of sp³-hybridized carbons (Fsp3) is 0.308. The summed E-state index contributed by atoms with van der Waals surface area (Å²) in [6.07, 6.45) is 0. The van der Waals surface area contributed by atoms with Crippen molar-refractivity contribution in [2.24, 2.45) is 0 Å². The van der Waals surface area contributed by atoms with Crippen molar-refractivity contribution in [3.05, 3.63) is 26.9 Å². The normalized spacial score (nSPS) is 11.6. The minimum absolute atomic E-state index is 0.367. The van der Waals surface area contributed by atoms with E-state index in [9.17, 15) is 4.79 Å². The van der Waals surface area contributed by atoms with E-state index >= 15 is 0 Å². The van der Waals surface area contributed by atoms with Gasteiger partial charge in [-0.1, -0.05) is 0 Å². The van der Waals surface area contributed by atoms with Crippen LogP contribution in [-0.4, -0.2) is 11.6 Å². The molecule has 0 spiro atoms. The summed E-state index contributed by atoms with van der Waals surface area (Å²) >= 11 is 6.45. The molecule has 0 saturated heterocycles. The fourth-order valence-electron chi connectivity index (χ4n) is 1.47. The first-order valence-corrected chi connectivity index (χ1v) is 8.13. The third-order valence-corrected chi connectivity index (χ3v) is 5.33. The van der Waals surface area contributed by atoms with Crippen LogP contribution < -0.4 is 5.73 Å². The van der Waals surface area contributed by atoms with Gasteiger partial charge in [0.1, 0.15) is 10.5 Å². The predicted octanol–water partition coefficient (Wildman–Crippen LogP) is 4.78. The smallest absolute Gasteiger partial charge is 0.350 e. The summed E-state index contributed by atoms with van der Waals surface area (Å²) in [6.45, 7) is 5.52. The first-order valence-electron chi connectivity index (χ1n) is 5.64. The first-order chi connectivity index (χ1) is 8.78. The van der Waals surface area contributed by atoms with Crippen LogP contribution in [0.15, 0.2) is 22.0 Å². The van der Waals surface area contributed by atoms with Crippen LogP contribution in [0.1, 0.15) is 30.4 Å². The van der Waals surface area contributed by atoms with Crippen molar-refractivity contribution in [3.63, 3.8) is 0 Å². The van der Waals surface area contributed by atoms with Crippen LogP contribution in [0, 0.1) is 0 Å². The van der Waals surface area contributed by atoms with Gasteiger partial charge in [0.15, 0.2) is 0 Å². The van der Waals surface area contributed by atoms with Crippen LogP contribution in [0.5, 0.6) is 0 Å². The van der Waals surface area contributed by atoms with E-state index in [2.05, 4.69) is 15.9 Å². The van der Waals surface area contributed by atoms with E-state index in [0.29, 0.717) is 10.6 Å². The molecule has 102 valence electrons. The quantitative estimate of drug-likeness (QED) is 0.785. The monoisotopic (exact) mass is 359 g/mol. The Bertz CT molecular complexity index is 610. The van der Waals surface area contributed by atoms with Crippen molar-refractivity contribution in [1.29, 1.82) is 0 Å². The van der Waals surface area contributed by atoms with Crippen LogP contribution in [0.25, 0.3) is 9.75 Å². The third-order valence-electron chi connectivity index (χ3n) is 2.19. The molecular weight excluding hydrogens is 346 g/mol. The number of hydrogen-bond acceptors (Lipinski definition) is 5. The molecule has 19 heavy (non-hydrogen) atoms. The van der Waals surface area contributed by atoms with E-state index in [-0.39, 0.29) is 5.97 Å². The van der Waals surface area contributed by atoms with Gasteiger partial charge in [0.2, 0.25) is 0 Å². The summed E-state index contributed by atoms with van der Waals surface area (Å²) in [5.74, 6) is -0.367. The third kappa shape index (κ3) is 3.38. The summed E-state index contributed by atoms with van der Waals surface area (Å²) in [6, 6.07) is 3.80. The van der Waals surface area contributed by atoms with E-state index < -0.39 is 5.60 Å². The van der Waals surface area contributed by atoms with Gasteiger partial charge < -0.3 is 10.5 Å². The second-order valence-electron chi connectivity index (χ2n) is 4.99. The maximum absolute atomic E-state index is 12.0. The van der Waals surface area contributed by atoms with Gasteiger partial charge >= 0.3 is 5.97 Å². The van der Waals surface area contributed by atoms with Crippen LogP contribution in [0.3, 0.4) is 0 Å². The highest BCUT2D eigenvalue weighted by Gasteiger charge is 2.23. The lowest BCUT2D eigenvalue weighted by Gasteiger charge is -2.18. The van der Waals surface area contributed by atoms with E-state index in [4.69, 9.17) is 10.5 Å². The van der Waals surface area contributed by atoms with Crippen molar-refractivity contribution in [1.82, 2.24) is 0 Å². The topological polar surface area (TPSA) is 52.3 Å². The molecule has 6 heteroatoms. The molecule has 3 nitrogen and oxygen atoms in total. The molecule has 2 heterocycles. The number of nitrogen functional groups attached to an aromatic ring is 1. The lowest BCUT2D eigenvalue weighted by atomic mass is 10.2. The largest absolute Gasteiger partial charge is 0.456 e. The zero-order chi connectivity index (χ0) is 14.2. The van der Waals surface area contributed by atoms with E-state index in [0.717, 1.165) is 14.2 Å². The summed E-state index contributed by atoms with van der Waals surface area (Å²) in [5.41, 5.74) is 5.87. The van der Waals surface area contributed by atoms with Crippen molar-refractivity contribution in [2.75, 3.05) is 5.73 Å².